The van der Waals surface area contributed by atoms with Gasteiger partial charge in [-0.25, -0.2) is 0 Å². The van der Waals surface area contributed by atoms with E-state index in [0.717, 1.165) is 18.0 Å². The lowest BCUT2D eigenvalue weighted by molar-refractivity contribution is -0.129. The molecule has 2 aromatic rings. The zero-order valence-corrected chi connectivity index (χ0v) is 16.5. The van der Waals surface area contributed by atoms with Crippen LogP contribution in [0.3, 0.4) is 0 Å². The summed E-state index contributed by atoms with van der Waals surface area (Å²) in [6, 6.07) is 6.81. The standard InChI is InChI=1S/C19H22N2O3S2/c1-3-20(4-2)9-10-21-16(13-7-5-11-25-13)15(18(23)19(21)24)17(22)14-8-6-12-26-14/h5-8,11-12,16,23H,3-4,9-10H2,1-2H3. The number of Topliss-reactive ketones (excluding diaryl/α,β-unsaturated/α-hetero) is 1. The summed E-state index contributed by atoms with van der Waals surface area (Å²) in [7, 11) is 0. The molecule has 0 fully saturated rings. The normalized spacial score (nSPS) is 17.6. The van der Waals surface area contributed by atoms with Gasteiger partial charge in [0, 0.05) is 18.0 Å². The van der Waals surface area contributed by atoms with Crippen molar-refractivity contribution in [2.45, 2.75) is 19.9 Å². The van der Waals surface area contributed by atoms with Crippen LogP contribution in [0.25, 0.3) is 0 Å². The summed E-state index contributed by atoms with van der Waals surface area (Å²) in [6.07, 6.45) is 0. The molecular weight excluding hydrogens is 368 g/mol. The first-order valence-electron chi connectivity index (χ1n) is 8.66. The highest BCUT2D eigenvalue weighted by molar-refractivity contribution is 7.12. The first-order valence-corrected chi connectivity index (χ1v) is 10.4. The molecule has 2 aromatic heterocycles. The van der Waals surface area contributed by atoms with Gasteiger partial charge < -0.3 is 14.9 Å². The fourth-order valence-corrected chi connectivity index (χ4v) is 4.71. The van der Waals surface area contributed by atoms with E-state index in [-0.39, 0.29) is 11.4 Å². The molecule has 1 aliphatic rings. The summed E-state index contributed by atoms with van der Waals surface area (Å²) in [5.74, 6) is -1.15. The summed E-state index contributed by atoms with van der Waals surface area (Å²) in [5.41, 5.74) is 0.194. The van der Waals surface area contributed by atoms with Crippen LogP contribution < -0.4 is 0 Å². The summed E-state index contributed by atoms with van der Waals surface area (Å²) in [5, 5.41) is 14.3. The second-order valence-electron chi connectivity index (χ2n) is 6.01. The topological polar surface area (TPSA) is 60.9 Å². The first kappa shape index (κ1) is 18.8. The Labute approximate surface area is 161 Å². The number of likely N-dealkylation sites (N-methyl/N-ethyl adjacent to an activating group) is 1. The Hall–Kier alpha value is -1.96. The van der Waals surface area contributed by atoms with Crippen molar-refractivity contribution in [3.8, 4) is 0 Å². The van der Waals surface area contributed by atoms with E-state index in [9.17, 15) is 14.7 Å². The van der Waals surface area contributed by atoms with Gasteiger partial charge in [0.2, 0.25) is 5.78 Å². The SMILES string of the molecule is CCN(CC)CCN1C(=O)C(O)=C(C(=O)c2cccs2)C1c1cccs1. The van der Waals surface area contributed by atoms with Crippen LogP contribution in [0.2, 0.25) is 0 Å². The van der Waals surface area contributed by atoms with Crippen LogP contribution in [0, 0.1) is 0 Å². The zero-order valence-electron chi connectivity index (χ0n) is 14.8. The number of hydrogen-bond donors (Lipinski definition) is 1. The van der Waals surface area contributed by atoms with Gasteiger partial charge in [-0.2, -0.15) is 0 Å². The average Bonchev–Trinajstić information content (AvgIpc) is 3.39. The number of ketones is 1. The second kappa shape index (κ2) is 8.16. The fraction of sp³-hybridized carbons (Fsp3) is 0.368. The Kier molecular flexibility index (Phi) is 5.90. The van der Waals surface area contributed by atoms with Gasteiger partial charge in [0.1, 0.15) is 0 Å². The molecule has 5 nitrogen and oxygen atoms in total. The van der Waals surface area contributed by atoms with Crippen LogP contribution >= 0.6 is 22.7 Å². The van der Waals surface area contributed by atoms with E-state index in [1.807, 2.05) is 22.9 Å². The van der Waals surface area contributed by atoms with E-state index in [0.29, 0.717) is 18.0 Å². The Morgan fingerprint density at radius 2 is 1.88 bits per heavy atom. The highest BCUT2D eigenvalue weighted by Crippen LogP contribution is 2.40. The number of carbonyl (C=O) groups excluding carboxylic acids is 2. The van der Waals surface area contributed by atoms with Gasteiger partial charge >= 0.3 is 0 Å². The number of hydrogen-bond acceptors (Lipinski definition) is 6. The maximum Gasteiger partial charge on any atom is 0.290 e. The molecule has 1 atom stereocenters. The van der Waals surface area contributed by atoms with Crippen molar-refractivity contribution in [1.82, 2.24) is 9.80 Å². The zero-order chi connectivity index (χ0) is 18.7. The predicted octanol–water partition coefficient (Wildman–Crippen LogP) is 3.73. The number of carbonyl (C=O) groups is 2. The van der Waals surface area contributed by atoms with Gasteiger partial charge in [-0.3, -0.25) is 9.59 Å². The predicted molar refractivity (Wildman–Crippen MR) is 105 cm³/mol. The van der Waals surface area contributed by atoms with E-state index in [1.54, 1.807) is 17.0 Å². The van der Waals surface area contributed by atoms with E-state index in [4.69, 9.17) is 0 Å². The summed E-state index contributed by atoms with van der Waals surface area (Å²) in [6.45, 7) is 7.11. The molecule has 138 valence electrons. The molecule has 3 rings (SSSR count). The Morgan fingerprint density at radius 1 is 1.19 bits per heavy atom. The number of aliphatic hydroxyl groups excluding tert-OH is 1. The van der Waals surface area contributed by atoms with E-state index in [1.165, 1.54) is 22.7 Å². The highest BCUT2D eigenvalue weighted by atomic mass is 32.1. The average molecular weight is 391 g/mol. The number of rotatable bonds is 8. The molecular formula is C19H22N2O3S2. The molecule has 0 bridgehead atoms. The van der Waals surface area contributed by atoms with Crippen LogP contribution in [0.1, 0.15) is 34.4 Å². The third-order valence-electron chi connectivity index (χ3n) is 4.66. The first-order chi connectivity index (χ1) is 12.6. The molecule has 0 aliphatic carbocycles. The van der Waals surface area contributed by atoms with Gasteiger partial charge in [-0.1, -0.05) is 26.0 Å². The molecule has 1 N–H and O–H groups in total. The Balaban J connectivity index is 1.94. The third kappa shape index (κ3) is 3.47. The third-order valence-corrected chi connectivity index (χ3v) is 6.45. The maximum absolute atomic E-state index is 13.0. The number of amides is 1. The molecule has 3 heterocycles. The molecule has 0 spiro atoms. The van der Waals surface area contributed by atoms with Gasteiger partial charge in [-0.15, -0.1) is 22.7 Å². The summed E-state index contributed by atoms with van der Waals surface area (Å²) >= 11 is 2.81. The Bertz CT molecular complexity index is 793. The lowest BCUT2D eigenvalue weighted by Crippen LogP contribution is -2.38. The minimum atomic E-state index is -0.521. The Morgan fingerprint density at radius 3 is 2.46 bits per heavy atom. The smallest absolute Gasteiger partial charge is 0.290 e. The molecule has 7 heteroatoms. The molecule has 1 aliphatic heterocycles. The van der Waals surface area contributed by atoms with Crippen molar-refractivity contribution in [2.75, 3.05) is 26.2 Å². The monoisotopic (exact) mass is 390 g/mol. The van der Waals surface area contributed by atoms with Gasteiger partial charge in [0.05, 0.1) is 16.5 Å². The van der Waals surface area contributed by atoms with Gasteiger partial charge in [0.15, 0.2) is 5.76 Å². The summed E-state index contributed by atoms with van der Waals surface area (Å²) in [4.78, 5) is 31.0. The van der Waals surface area contributed by atoms with Crippen LogP contribution in [0.15, 0.2) is 46.4 Å². The van der Waals surface area contributed by atoms with Gasteiger partial charge in [-0.05, 0) is 36.0 Å². The van der Waals surface area contributed by atoms with Crippen molar-refractivity contribution < 1.29 is 14.7 Å². The van der Waals surface area contributed by atoms with Gasteiger partial charge in [0.25, 0.3) is 5.91 Å². The minimum Gasteiger partial charge on any atom is -0.503 e. The largest absolute Gasteiger partial charge is 0.503 e. The van der Waals surface area contributed by atoms with Crippen molar-refractivity contribution in [3.63, 3.8) is 0 Å². The molecule has 26 heavy (non-hydrogen) atoms. The quantitative estimate of drug-likeness (QED) is 0.698. The molecule has 1 unspecified atom stereocenters. The molecule has 0 radical (unpaired) electrons. The van der Waals surface area contributed by atoms with Crippen LogP contribution in [0.5, 0.6) is 0 Å². The van der Waals surface area contributed by atoms with Crippen LogP contribution in [-0.4, -0.2) is 52.8 Å². The maximum atomic E-state index is 13.0. The molecule has 1 amide bonds. The van der Waals surface area contributed by atoms with Crippen LogP contribution in [0.4, 0.5) is 0 Å². The second-order valence-corrected chi connectivity index (χ2v) is 7.94. The van der Waals surface area contributed by atoms with E-state index >= 15 is 0 Å². The van der Waals surface area contributed by atoms with E-state index < -0.39 is 17.7 Å². The minimum absolute atomic E-state index is 0.194. The van der Waals surface area contributed by atoms with Crippen molar-refractivity contribution in [1.29, 1.82) is 0 Å². The molecule has 0 saturated carbocycles. The lowest BCUT2D eigenvalue weighted by Gasteiger charge is -2.28. The fourth-order valence-electron chi connectivity index (χ4n) is 3.19. The number of nitrogens with zero attached hydrogens (tertiary/aromatic N) is 2. The highest BCUT2D eigenvalue weighted by Gasteiger charge is 2.44. The number of aliphatic hydroxyl groups is 1. The van der Waals surface area contributed by atoms with E-state index in [2.05, 4.69) is 18.7 Å². The van der Waals surface area contributed by atoms with Crippen molar-refractivity contribution in [2.24, 2.45) is 0 Å². The van der Waals surface area contributed by atoms with Crippen molar-refractivity contribution in [3.05, 3.63) is 56.1 Å². The van der Waals surface area contributed by atoms with Crippen LogP contribution in [-0.2, 0) is 4.79 Å². The molecule has 0 saturated heterocycles. The number of thiophene rings is 2. The lowest BCUT2D eigenvalue weighted by atomic mass is 10.0. The molecule has 0 aromatic carbocycles. The summed E-state index contributed by atoms with van der Waals surface area (Å²) < 4.78 is 0. The van der Waals surface area contributed by atoms with Crippen molar-refractivity contribution >= 4 is 34.4 Å².